The van der Waals surface area contributed by atoms with E-state index in [1.807, 2.05) is 7.05 Å². The maximum Gasteiger partial charge on any atom is 0.0810 e. The summed E-state index contributed by atoms with van der Waals surface area (Å²) < 4.78 is 6.27. The monoisotopic (exact) mass is 259 g/mol. The number of fused-ring (bicyclic) bond motifs is 1. The van der Waals surface area contributed by atoms with Gasteiger partial charge in [0.1, 0.15) is 0 Å². The van der Waals surface area contributed by atoms with E-state index in [0.29, 0.717) is 12.1 Å². The van der Waals surface area contributed by atoms with Crippen molar-refractivity contribution in [2.45, 2.75) is 50.7 Å². The number of rotatable bonds is 4. The van der Waals surface area contributed by atoms with Crippen LogP contribution in [-0.2, 0) is 11.2 Å². The summed E-state index contributed by atoms with van der Waals surface area (Å²) in [6.07, 6.45) is 8.33. The average Bonchev–Trinajstić information content (AvgIpc) is 2.83. The van der Waals surface area contributed by atoms with Crippen LogP contribution in [0.15, 0.2) is 24.3 Å². The van der Waals surface area contributed by atoms with Crippen LogP contribution in [0.4, 0.5) is 0 Å². The molecule has 2 atom stereocenters. The maximum atomic E-state index is 6.27. The fourth-order valence-electron chi connectivity index (χ4n) is 3.67. The summed E-state index contributed by atoms with van der Waals surface area (Å²) >= 11 is 0. The normalized spacial score (nSPS) is 27.4. The van der Waals surface area contributed by atoms with Crippen molar-refractivity contribution in [1.82, 2.24) is 5.32 Å². The number of hydrogen-bond donors (Lipinski definition) is 1. The molecule has 0 saturated heterocycles. The highest BCUT2D eigenvalue weighted by molar-refractivity contribution is 5.36. The van der Waals surface area contributed by atoms with Gasteiger partial charge in [-0.25, -0.2) is 0 Å². The molecule has 1 fully saturated rings. The quantitative estimate of drug-likeness (QED) is 0.894. The predicted octanol–water partition coefficient (Wildman–Crippen LogP) is 3.47. The van der Waals surface area contributed by atoms with E-state index in [-0.39, 0.29) is 0 Å². The summed E-state index contributed by atoms with van der Waals surface area (Å²) in [4.78, 5) is 0. The van der Waals surface area contributed by atoms with Crippen LogP contribution in [0.5, 0.6) is 0 Å². The van der Waals surface area contributed by atoms with Crippen molar-refractivity contribution in [2.75, 3.05) is 13.7 Å². The van der Waals surface area contributed by atoms with E-state index in [1.165, 1.54) is 43.2 Å². The molecule has 0 aromatic heterocycles. The van der Waals surface area contributed by atoms with Crippen molar-refractivity contribution in [3.8, 4) is 0 Å². The standard InChI is InChI=1S/C17H25NO/c1-18-17-15-10-6-5-9-14(15)11-16(17)19-12-13-7-3-2-4-8-13/h5-6,9-10,13,16-18H,2-4,7-8,11-12H2,1H3. The Hall–Kier alpha value is -0.860. The molecular formula is C17H25NO. The predicted molar refractivity (Wildman–Crippen MR) is 78.3 cm³/mol. The van der Waals surface area contributed by atoms with Crippen LogP contribution in [0.1, 0.15) is 49.3 Å². The Bertz CT molecular complexity index is 411. The van der Waals surface area contributed by atoms with E-state index >= 15 is 0 Å². The lowest BCUT2D eigenvalue weighted by Crippen LogP contribution is -2.30. The molecule has 19 heavy (non-hydrogen) atoms. The first-order valence-electron chi connectivity index (χ1n) is 7.75. The van der Waals surface area contributed by atoms with Gasteiger partial charge in [-0.05, 0) is 36.9 Å². The smallest absolute Gasteiger partial charge is 0.0810 e. The summed E-state index contributed by atoms with van der Waals surface area (Å²) in [6, 6.07) is 9.12. The van der Waals surface area contributed by atoms with Crippen LogP contribution in [0.2, 0.25) is 0 Å². The third kappa shape index (κ3) is 2.85. The van der Waals surface area contributed by atoms with Crippen LogP contribution >= 0.6 is 0 Å². The van der Waals surface area contributed by atoms with E-state index in [1.54, 1.807) is 0 Å². The third-order valence-corrected chi connectivity index (χ3v) is 4.76. The lowest BCUT2D eigenvalue weighted by Gasteiger charge is -2.26. The third-order valence-electron chi connectivity index (χ3n) is 4.76. The lowest BCUT2D eigenvalue weighted by molar-refractivity contribution is 0.00751. The number of likely N-dealkylation sites (N-methyl/N-ethyl adjacent to an activating group) is 1. The van der Waals surface area contributed by atoms with Crippen LogP contribution in [0.25, 0.3) is 0 Å². The van der Waals surface area contributed by atoms with E-state index in [0.717, 1.165) is 18.9 Å². The summed E-state index contributed by atoms with van der Waals surface area (Å²) in [5, 5.41) is 3.43. The first-order chi connectivity index (χ1) is 9.38. The molecule has 2 nitrogen and oxygen atoms in total. The fourth-order valence-corrected chi connectivity index (χ4v) is 3.67. The molecule has 0 spiro atoms. The second-order valence-electron chi connectivity index (χ2n) is 6.05. The molecule has 2 heteroatoms. The highest BCUT2D eigenvalue weighted by Gasteiger charge is 2.32. The minimum atomic E-state index is 0.323. The molecule has 3 rings (SSSR count). The van der Waals surface area contributed by atoms with Gasteiger partial charge in [0.25, 0.3) is 0 Å². The first kappa shape index (κ1) is 13.1. The Balaban J connectivity index is 1.60. The largest absolute Gasteiger partial charge is 0.376 e. The molecule has 0 bridgehead atoms. The van der Waals surface area contributed by atoms with Crippen LogP contribution < -0.4 is 5.32 Å². The highest BCUT2D eigenvalue weighted by Crippen LogP contribution is 2.34. The zero-order valence-corrected chi connectivity index (χ0v) is 11.9. The van der Waals surface area contributed by atoms with Crippen LogP contribution in [-0.4, -0.2) is 19.8 Å². The zero-order chi connectivity index (χ0) is 13.1. The van der Waals surface area contributed by atoms with Crippen molar-refractivity contribution < 1.29 is 4.74 Å². The minimum Gasteiger partial charge on any atom is -0.376 e. The number of nitrogens with one attached hydrogen (secondary N) is 1. The molecule has 104 valence electrons. The maximum absolute atomic E-state index is 6.27. The molecule has 2 aliphatic carbocycles. The highest BCUT2D eigenvalue weighted by atomic mass is 16.5. The molecule has 1 saturated carbocycles. The number of benzene rings is 1. The van der Waals surface area contributed by atoms with Crippen LogP contribution in [0.3, 0.4) is 0 Å². The number of ether oxygens (including phenoxy) is 1. The molecule has 1 N–H and O–H groups in total. The molecule has 0 heterocycles. The van der Waals surface area contributed by atoms with Crippen molar-refractivity contribution >= 4 is 0 Å². The van der Waals surface area contributed by atoms with Crippen molar-refractivity contribution in [3.63, 3.8) is 0 Å². The van der Waals surface area contributed by atoms with Gasteiger partial charge in [0.2, 0.25) is 0 Å². The molecule has 0 radical (unpaired) electrons. The first-order valence-corrected chi connectivity index (χ1v) is 7.75. The van der Waals surface area contributed by atoms with Crippen molar-refractivity contribution in [3.05, 3.63) is 35.4 Å². The van der Waals surface area contributed by atoms with Crippen LogP contribution in [0, 0.1) is 5.92 Å². The van der Waals surface area contributed by atoms with Gasteiger partial charge in [0.05, 0.1) is 12.1 Å². The lowest BCUT2D eigenvalue weighted by atomic mass is 9.90. The van der Waals surface area contributed by atoms with Gasteiger partial charge in [-0.3, -0.25) is 0 Å². The van der Waals surface area contributed by atoms with Gasteiger partial charge in [-0.2, -0.15) is 0 Å². The summed E-state index contributed by atoms with van der Waals surface area (Å²) in [6.45, 7) is 0.955. The van der Waals surface area contributed by atoms with E-state index in [9.17, 15) is 0 Å². The summed E-state index contributed by atoms with van der Waals surface area (Å²) in [5.41, 5.74) is 2.88. The van der Waals surface area contributed by atoms with E-state index in [2.05, 4.69) is 29.6 Å². The van der Waals surface area contributed by atoms with Gasteiger partial charge in [0.15, 0.2) is 0 Å². The molecular weight excluding hydrogens is 234 g/mol. The Labute approximate surface area is 116 Å². The SMILES string of the molecule is CNC1c2ccccc2CC1OCC1CCCCC1. The zero-order valence-electron chi connectivity index (χ0n) is 11.9. The van der Waals surface area contributed by atoms with Gasteiger partial charge < -0.3 is 10.1 Å². The molecule has 1 aromatic carbocycles. The summed E-state index contributed by atoms with van der Waals surface area (Å²) in [5.74, 6) is 0.801. The average molecular weight is 259 g/mol. The Morgan fingerprint density at radius 3 is 2.74 bits per heavy atom. The molecule has 1 aromatic rings. The molecule has 0 aliphatic heterocycles. The van der Waals surface area contributed by atoms with E-state index in [4.69, 9.17) is 4.74 Å². The number of hydrogen-bond acceptors (Lipinski definition) is 2. The fraction of sp³-hybridized carbons (Fsp3) is 0.647. The Morgan fingerprint density at radius 1 is 1.16 bits per heavy atom. The minimum absolute atomic E-state index is 0.323. The van der Waals surface area contributed by atoms with Gasteiger partial charge in [-0.1, -0.05) is 43.5 Å². The second kappa shape index (κ2) is 6.06. The van der Waals surface area contributed by atoms with Crippen molar-refractivity contribution in [2.24, 2.45) is 5.92 Å². The second-order valence-corrected chi connectivity index (χ2v) is 6.05. The summed E-state index contributed by atoms with van der Waals surface area (Å²) in [7, 11) is 2.05. The molecule has 0 amide bonds. The van der Waals surface area contributed by atoms with Crippen molar-refractivity contribution in [1.29, 1.82) is 0 Å². The van der Waals surface area contributed by atoms with Gasteiger partial charge >= 0.3 is 0 Å². The Morgan fingerprint density at radius 2 is 1.95 bits per heavy atom. The Kier molecular flexibility index (Phi) is 4.19. The molecule has 2 unspecified atom stereocenters. The van der Waals surface area contributed by atoms with Gasteiger partial charge in [-0.15, -0.1) is 0 Å². The topological polar surface area (TPSA) is 21.3 Å². The molecule has 2 aliphatic rings. The van der Waals surface area contributed by atoms with Gasteiger partial charge in [0, 0.05) is 13.0 Å². The van der Waals surface area contributed by atoms with E-state index < -0.39 is 0 Å².